The fourth-order valence-corrected chi connectivity index (χ4v) is 6.09. The quantitative estimate of drug-likeness (QED) is 0.583. The van der Waals surface area contributed by atoms with Gasteiger partial charge >= 0.3 is 0 Å². The van der Waals surface area contributed by atoms with Gasteiger partial charge in [-0.2, -0.15) is 0 Å². The number of fused-ring (bicyclic) bond motifs is 1. The molecule has 7 heteroatoms. The van der Waals surface area contributed by atoms with E-state index >= 15 is 0 Å². The Morgan fingerprint density at radius 2 is 1.64 bits per heavy atom. The monoisotopic (exact) mass is 461 g/mol. The van der Waals surface area contributed by atoms with Crippen LogP contribution in [0.4, 0.5) is 0 Å². The van der Waals surface area contributed by atoms with E-state index in [1.165, 1.54) is 3.97 Å². The zero-order valence-electron chi connectivity index (χ0n) is 15.9. The van der Waals surface area contributed by atoms with Crippen molar-refractivity contribution in [2.24, 2.45) is 0 Å². The van der Waals surface area contributed by atoms with Gasteiger partial charge in [-0.25, -0.2) is 12.4 Å². The van der Waals surface area contributed by atoms with Crippen LogP contribution in [-0.2, 0) is 16.4 Å². The van der Waals surface area contributed by atoms with Gasteiger partial charge in [0.2, 0.25) is 0 Å². The van der Waals surface area contributed by atoms with Crippen LogP contribution in [0, 0.1) is 0 Å². The predicted molar refractivity (Wildman–Crippen MR) is 116 cm³/mol. The first kappa shape index (κ1) is 19.6. The maximum absolute atomic E-state index is 13.3. The normalized spacial score (nSPS) is 16.6. The summed E-state index contributed by atoms with van der Waals surface area (Å²) in [6.07, 6.45) is 2.64. The summed E-state index contributed by atoms with van der Waals surface area (Å²) in [5, 5.41) is 1.01. The molecule has 4 rings (SSSR count). The van der Waals surface area contributed by atoms with E-state index in [2.05, 4.69) is 32.8 Å². The van der Waals surface area contributed by atoms with Gasteiger partial charge in [-0.05, 0) is 53.2 Å². The predicted octanol–water partition coefficient (Wildman–Crippen LogP) is 3.43. The molecular formula is C21H24BrN3O2S. The molecule has 1 aliphatic rings. The third-order valence-electron chi connectivity index (χ3n) is 5.43. The molecule has 28 heavy (non-hydrogen) atoms. The van der Waals surface area contributed by atoms with Crippen molar-refractivity contribution in [2.75, 3.05) is 39.8 Å². The number of hydrogen-bond acceptors (Lipinski definition) is 4. The molecule has 0 saturated carbocycles. The molecule has 148 valence electrons. The number of halogens is 1. The van der Waals surface area contributed by atoms with Crippen LogP contribution in [0.25, 0.3) is 10.9 Å². The zero-order valence-corrected chi connectivity index (χ0v) is 18.3. The van der Waals surface area contributed by atoms with E-state index in [-0.39, 0.29) is 4.90 Å². The van der Waals surface area contributed by atoms with Crippen molar-refractivity contribution in [3.63, 3.8) is 0 Å². The number of para-hydroxylation sites is 1. The van der Waals surface area contributed by atoms with Gasteiger partial charge in [0, 0.05) is 48.8 Å². The molecule has 0 spiro atoms. The van der Waals surface area contributed by atoms with Crippen molar-refractivity contribution >= 4 is 36.9 Å². The first-order chi connectivity index (χ1) is 13.5. The van der Waals surface area contributed by atoms with Crippen LogP contribution in [-0.4, -0.2) is 62.0 Å². The van der Waals surface area contributed by atoms with Crippen molar-refractivity contribution in [2.45, 2.75) is 11.3 Å². The number of nitrogens with zero attached hydrogens (tertiary/aromatic N) is 3. The fourth-order valence-electron chi connectivity index (χ4n) is 3.73. The van der Waals surface area contributed by atoms with E-state index in [1.54, 1.807) is 24.4 Å². The second-order valence-corrected chi connectivity index (χ2v) is 9.94. The molecular weight excluding hydrogens is 438 g/mol. The summed E-state index contributed by atoms with van der Waals surface area (Å²) in [6.45, 7) is 5.22. The van der Waals surface area contributed by atoms with Crippen LogP contribution in [0.15, 0.2) is 64.1 Å². The number of hydrogen-bond donors (Lipinski definition) is 0. The molecule has 5 nitrogen and oxygen atoms in total. The molecule has 2 aromatic carbocycles. The molecule has 0 unspecified atom stereocenters. The number of aromatic nitrogens is 1. The van der Waals surface area contributed by atoms with Crippen molar-refractivity contribution < 1.29 is 8.42 Å². The van der Waals surface area contributed by atoms with Gasteiger partial charge < -0.3 is 9.80 Å². The lowest BCUT2D eigenvalue weighted by molar-refractivity contribution is 0.155. The van der Waals surface area contributed by atoms with Crippen molar-refractivity contribution in [1.29, 1.82) is 0 Å². The van der Waals surface area contributed by atoms with Gasteiger partial charge in [-0.3, -0.25) is 0 Å². The fraction of sp³-hybridized carbons (Fsp3) is 0.333. The number of piperazine rings is 1. The Kier molecular flexibility index (Phi) is 5.60. The molecule has 1 saturated heterocycles. The molecule has 0 aliphatic carbocycles. The van der Waals surface area contributed by atoms with E-state index in [0.717, 1.165) is 55.6 Å². The van der Waals surface area contributed by atoms with Crippen LogP contribution in [0.2, 0.25) is 0 Å². The largest absolute Gasteiger partial charge is 0.304 e. The Bertz CT molecular complexity index is 1090. The molecule has 0 bridgehead atoms. The molecule has 3 aromatic rings. The Morgan fingerprint density at radius 3 is 2.39 bits per heavy atom. The minimum Gasteiger partial charge on any atom is -0.304 e. The Hall–Kier alpha value is -1.67. The van der Waals surface area contributed by atoms with E-state index < -0.39 is 10.0 Å². The van der Waals surface area contributed by atoms with E-state index in [0.29, 0.717) is 4.47 Å². The Labute approximate surface area is 174 Å². The highest BCUT2D eigenvalue weighted by molar-refractivity contribution is 9.10. The minimum atomic E-state index is -3.68. The van der Waals surface area contributed by atoms with Crippen molar-refractivity contribution in [1.82, 2.24) is 13.8 Å². The highest BCUT2D eigenvalue weighted by Gasteiger charge is 2.23. The summed E-state index contributed by atoms with van der Waals surface area (Å²) in [5.41, 5.74) is 1.80. The average Bonchev–Trinajstić information content (AvgIpc) is 3.07. The number of benzene rings is 2. The van der Waals surface area contributed by atoms with Crippen LogP contribution in [0.3, 0.4) is 0 Å². The lowest BCUT2D eigenvalue weighted by Crippen LogP contribution is -2.45. The van der Waals surface area contributed by atoms with Gasteiger partial charge in [-0.15, -0.1) is 0 Å². The van der Waals surface area contributed by atoms with Crippen LogP contribution >= 0.6 is 15.9 Å². The first-order valence-corrected chi connectivity index (χ1v) is 11.7. The third kappa shape index (κ3) is 3.76. The summed E-state index contributed by atoms with van der Waals surface area (Å²) in [7, 11) is -1.53. The molecule has 0 amide bonds. The molecule has 0 atom stereocenters. The smallest absolute Gasteiger partial charge is 0.269 e. The zero-order chi connectivity index (χ0) is 19.7. The number of rotatable bonds is 5. The number of likely N-dealkylation sites (N-methyl/N-ethyl adjacent to an activating group) is 1. The van der Waals surface area contributed by atoms with Gasteiger partial charge in [0.25, 0.3) is 10.0 Å². The topological polar surface area (TPSA) is 45.5 Å². The summed E-state index contributed by atoms with van der Waals surface area (Å²) in [4.78, 5) is 5.07. The Morgan fingerprint density at radius 1 is 0.964 bits per heavy atom. The molecule has 1 aromatic heterocycles. The maximum atomic E-state index is 13.3. The summed E-state index contributed by atoms with van der Waals surface area (Å²) < 4.78 is 28.7. The lowest BCUT2D eigenvalue weighted by atomic mass is 10.1. The molecule has 2 heterocycles. The van der Waals surface area contributed by atoms with Crippen molar-refractivity contribution in [3.05, 3.63) is 64.8 Å². The van der Waals surface area contributed by atoms with E-state index in [4.69, 9.17) is 0 Å². The Balaban J connectivity index is 1.68. The molecule has 1 aliphatic heterocycles. The van der Waals surface area contributed by atoms with Crippen molar-refractivity contribution in [3.8, 4) is 0 Å². The molecule has 1 fully saturated rings. The van der Waals surface area contributed by atoms with Gasteiger partial charge in [0.15, 0.2) is 0 Å². The molecule has 0 N–H and O–H groups in total. The molecule has 0 radical (unpaired) electrons. The van der Waals surface area contributed by atoms with Gasteiger partial charge in [0.1, 0.15) is 4.90 Å². The minimum absolute atomic E-state index is 0.279. The summed E-state index contributed by atoms with van der Waals surface area (Å²) >= 11 is 3.38. The second-order valence-electron chi connectivity index (χ2n) is 7.30. The van der Waals surface area contributed by atoms with E-state index in [9.17, 15) is 8.42 Å². The summed E-state index contributed by atoms with van der Waals surface area (Å²) in [6, 6.07) is 14.7. The van der Waals surface area contributed by atoms with Gasteiger partial charge in [-0.1, -0.05) is 30.3 Å². The maximum Gasteiger partial charge on any atom is 0.269 e. The van der Waals surface area contributed by atoms with Crippen LogP contribution in [0.5, 0.6) is 0 Å². The summed E-state index contributed by atoms with van der Waals surface area (Å²) in [5.74, 6) is 0. The van der Waals surface area contributed by atoms with Crippen LogP contribution < -0.4 is 0 Å². The lowest BCUT2D eigenvalue weighted by Gasteiger charge is -2.32. The SMILES string of the molecule is CN1CCN(CCc2cn(S(=O)(=O)c3ccccc3Br)c3ccccc23)CC1. The van der Waals surface area contributed by atoms with Gasteiger partial charge in [0.05, 0.1) is 5.52 Å². The average molecular weight is 462 g/mol. The standard InChI is InChI=1S/C21H24BrN3O2S/c1-23-12-14-24(15-13-23)11-10-17-16-25(20-8-4-2-6-18(17)20)28(26,27)21-9-5-3-7-19(21)22/h2-9,16H,10-15H2,1H3. The second kappa shape index (κ2) is 7.99. The highest BCUT2D eigenvalue weighted by atomic mass is 79.9. The highest BCUT2D eigenvalue weighted by Crippen LogP contribution is 2.29. The van der Waals surface area contributed by atoms with E-state index in [1.807, 2.05) is 30.3 Å². The first-order valence-electron chi connectivity index (χ1n) is 9.47. The third-order valence-corrected chi connectivity index (χ3v) is 8.11. The van der Waals surface area contributed by atoms with Crippen LogP contribution in [0.1, 0.15) is 5.56 Å².